The van der Waals surface area contributed by atoms with Gasteiger partial charge < -0.3 is 9.47 Å². The first-order valence-corrected chi connectivity index (χ1v) is 4.95. The van der Waals surface area contributed by atoms with E-state index in [1.54, 1.807) is 6.92 Å². The first kappa shape index (κ1) is 11.2. The number of Topliss-reactive ketones (excluding diaryl/α,β-unsaturated/α-hetero) is 1. The summed E-state index contributed by atoms with van der Waals surface area (Å²) in [6, 6.07) is 0. The van der Waals surface area contributed by atoms with Crippen molar-refractivity contribution >= 4 is 11.8 Å². The van der Waals surface area contributed by atoms with E-state index in [4.69, 9.17) is 9.47 Å². The molecule has 0 aromatic heterocycles. The summed E-state index contributed by atoms with van der Waals surface area (Å²) >= 11 is 0. The average Bonchev–Trinajstić information content (AvgIpc) is 2.19. The van der Waals surface area contributed by atoms with Gasteiger partial charge in [0, 0.05) is 6.61 Å². The van der Waals surface area contributed by atoms with E-state index in [-0.39, 0.29) is 12.4 Å². The van der Waals surface area contributed by atoms with Gasteiger partial charge in [0.15, 0.2) is 5.78 Å². The number of hydrogen-bond donors (Lipinski definition) is 0. The topological polar surface area (TPSA) is 52.6 Å². The van der Waals surface area contributed by atoms with Gasteiger partial charge in [0.2, 0.25) is 5.60 Å². The zero-order valence-corrected chi connectivity index (χ0v) is 8.67. The van der Waals surface area contributed by atoms with Gasteiger partial charge >= 0.3 is 5.97 Å². The normalized spacial score (nSPS) is 27.0. The number of carbonyl (C=O) groups is 2. The van der Waals surface area contributed by atoms with Crippen LogP contribution < -0.4 is 0 Å². The lowest BCUT2D eigenvalue weighted by Gasteiger charge is -2.32. The first-order chi connectivity index (χ1) is 6.63. The summed E-state index contributed by atoms with van der Waals surface area (Å²) in [7, 11) is 0. The zero-order valence-electron chi connectivity index (χ0n) is 8.67. The van der Waals surface area contributed by atoms with Gasteiger partial charge in [-0.15, -0.1) is 0 Å². The van der Waals surface area contributed by atoms with Crippen LogP contribution in [0.15, 0.2) is 0 Å². The zero-order chi connectivity index (χ0) is 10.6. The van der Waals surface area contributed by atoms with Gasteiger partial charge in [0.1, 0.15) is 0 Å². The number of hydrogen-bond acceptors (Lipinski definition) is 4. The van der Waals surface area contributed by atoms with E-state index < -0.39 is 11.6 Å². The van der Waals surface area contributed by atoms with Crippen LogP contribution in [0.2, 0.25) is 0 Å². The lowest BCUT2D eigenvalue weighted by atomic mass is 9.90. The molecule has 0 N–H and O–H groups in total. The summed E-state index contributed by atoms with van der Waals surface area (Å²) in [6.45, 7) is 3.83. The van der Waals surface area contributed by atoms with E-state index in [2.05, 4.69) is 0 Å². The Balaban J connectivity index is 2.80. The fourth-order valence-corrected chi connectivity index (χ4v) is 1.62. The second kappa shape index (κ2) is 4.55. The van der Waals surface area contributed by atoms with Crippen molar-refractivity contribution in [2.45, 2.75) is 38.7 Å². The standard InChI is InChI=1S/C10H16O4/c1-3-13-9(12)10(8(2)11)6-4-5-7-14-10/h3-7H2,1-2H3. The van der Waals surface area contributed by atoms with Gasteiger partial charge in [0.05, 0.1) is 6.61 Å². The van der Waals surface area contributed by atoms with Crippen LogP contribution in [-0.4, -0.2) is 30.6 Å². The Morgan fingerprint density at radius 1 is 1.43 bits per heavy atom. The molecule has 4 nitrogen and oxygen atoms in total. The van der Waals surface area contributed by atoms with Crippen LogP contribution in [0.5, 0.6) is 0 Å². The minimum atomic E-state index is -1.31. The molecule has 0 saturated carbocycles. The summed E-state index contributed by atoms with van der Waals surface area (Å²) in [5.74, 6) is -0.789. The number of ketones is 1. The van der Waals surface area contributed by atoms with Gasteiger partial charge in [-0.3, -0.25) is 4.79 Å². The number of esters is 1. The average molecular weight is 200 g/mol. The molecule has 1 atom stereocenters. The lowest BCUT2D eigenvalue weighted by Crippen LogP contribution is -2.51. The van der Waals surface area contributed by atoms with Crippen LogP contribution in [-0.2, 0) is 19.1 Å². The van der Waals surface area contributed by atoms with Crippen molar-refractivity contribution in [1.29, 1.82) is 0 Å². The highest BCUT2D eigenvalue weighted by Crippen LogP contribution is 2.27. The maximum atomic E-state index is 11.6. The minimum absolute atomic E-state index is 0.254. The summed E-state index contributed by atoms with van der Waals surface area (Å²) < 4.78 is 10.2. The molecule has 14 heavy (non-hydrogen) atoms. The third-order valence-electron chi connectivity index (χ3n) is 2.45. The van der Waals surface area contributed by atoms with Crippen molar-refractivity contribution in [3.05, 3.63) is 0 Å². The molecular formula is C10H16O4. The number of rotatable bonds is 3. The quantitative estimate of drug-likeness (QED) is 0.505. The van der Waals surface area contributed by atoms with Gasteiger partial charge in [0.25, 0.3) is 0 Å². The largest absolute Gasteiger partial charge is 0.464 e. The van der Waals surface area contributed by atoms with E-state index in [1.165, 1.54) is 6.92 Å². The summed E-state index contributed by atoms with van der Waals surface area (Å²) in [6.07, 6.45) is 2.17. The van der Waals surface area contributed by atoms with Crippen molar-refractivity contribution in [3.8, 4) is 0 Å². The molecule has 0 spiro atoms. The Labute approximate surface area is 83.6 Å². The number of ether oxygens (including phenoxy) is 2. The fourth-order valence-electron chi connectivity index (χ4n) is 1.62. The molecule has 1 unspecified atom stereocenters. The molecule has 0 radical (unpaired) electrons. The van der Waals surface area contributed by atoms with E-state index >= 15 is 0 Å². The maximum absolute atomic E-state index is 11.6. The highest BCUT2D eigenvalue weighted by atomic mass is 16.6. The Morgan fingerprint density at radius 3 is 2.57 bits per heavy atom. The molecule has 1 rings (SSSR count). The second-order valence-corrected chi connectivity index (χ2v) is 3.41. The van der Waals surface area contributed by atoms with Crippen LogP contribution in [0.25, 0.3) is 0 Å². The summed E-state index contributed by atoms with van der Waals surface area (Å²) in [5, 5.41) is 0. The molecule has 0 aliphatic carbocycles. The third-order valence-corrected chi connectivity index (χ3v) is 2.45. The van der Waals surface area contributed by atoms with Gasteiger partial charge in [-0.1, -0.05) is 0 Å². The van der Waals surface area contributed by atoms with Crippen LogP contribution in [0, 0.1) is 0 Å². The molecule has 0 aromatic carbocycles. The monoisotopic (exact) mass is 200 g/mol. The fraction of sp³-hybridized carbons (Fsp3) is 0.800. The van der Waals surface area contributed by atoms with E-state index in [9.17, 15) is 9.59 Å². The molecule has 80 valence electrons. The summed E-state index contributed by atoms with van der Waals surface area (Å²) in [5.41, 5.74) is -1.31. The molecule has 0 bridgehead atoms. The van der Waals surface area contributed by atoms with Crippen LogP contribution in [0.1, 0.15) is 33.1 Å². The molecule has 4 heteroatoms. The van der Waals surface area contributed by atoms with E-state index in [0.717, 1.165) is 12.8 Å². The predicted octanol–water partition coefficient (Wildman–Crippen LogP) is 1.08. The Morgan fingerprint density at radius 2 is 2.14 bits per heavy atom. The van der Waals surface area contributed by atoms with E-state index in [1.807, 2.05) is 0 Å². The van der Waals surface area contributed by atoms with Crippen molar-refractivity contribution in [2.75, 3.05) is 13.2 Å². The molecule has 1 heterocycles. The molecule has 1 aliphatic rings. The smallest absolute Gasteiger partial charge is 0.346 e. The van der Waals surface area contributed by atoms with Crippen LogP contribution >= 0.6 is 0 Å². The summed E-state index contributed by atoms with van der Waals surface area (Å²) in [4.78, 5) is 23.0. The van der Waals surface area contributed by atoms with Crippen molar-refractivity contribution < 1.29 is 19.1 Å². The lowest BCUT2D eigenvalue weighted by molar-refractivity contribution is -0.181. The third kappa shape index (κ3) is 1.95. The molecule has 0 aromatic rings. The van der Waals surface area contributed by atoms with Crippen molar-refractivity contribution in [2.24, 2.45) is 0 Å². The van der Waals surface area contributed by atoms with Crippen molar-refractivity contribution in [3.63, 3.8) is 0 Å². The second-order valence-electron chi connectivity index (χ2n) is 3.41. The Hall–Kier alpha value is -0.900. The van der Waals surface area contributed by atoms with Gasteiger partial charge in [-0.2, -0.15) is 0 Å². The van der Waals surface area contributed by atoms with Gasteiger partial charge in [-0.25, -0.2) is 4.79 Å². The van der Waals surface area contributed by atoms with Crippen LogP contribution in [0.3, 0.4) is 0 Å². The first-order valence-electron chi connectivity index (χ1n) is 4.95. The minimum Gasteiger partial charge on any atom is -0.464 e. The highest BCUT2D eigenvalue weighted by molar-refractivity contribution is 6.06. The number of carbonyl (C=O) groups excluding carboxylic acids is 2. The van der Waals surface area contributed by atoms with Gasteiger partial charge in [-0.05, 0) is 33.1 Å². The molecule has 1 aliphatic heterocycles. The van der Waals surface area contributed by atoms with Crippen LogP contribution in [0.4, 0.5) is 0 Å². The van der Waals surface area contributed by atoms with E-state index in [0.29, 0.717) is 13.0 Å². The Kier molecular flexibility index (Phi) is 3.63. The highest BCUT2D eigenvalue weighted by Gasteiger charge is 2.47. The molecule has 0 amide bonds. The predicted molar refractivity (Wildman–Crippen MR) is 49.8 cm³/mol. The Bertz CT molecular complexity index is 228. The van der Waals surface area contributed by atoms with Crippen molar-refractivity contribution in [1.82, 2.24) is 0 Å². The molecular weight excluding hydrogens is 184 g/mol. The molecule has 1 saturated heterocycles. The maximum Gasteiger partial charge on any atom is 0.346 e. The molecule has 1 fully saturated rings. The SMILES string of the molecule is CCOC(=O)C1(C(C)=O)CCCCO1.